The molecule has 0 bridgehead atoms. The first-order valence-electron chi connectivity index (χ1n) is 37.8. The molecule has 562 valence electrons. The van der Waals surface area contributed by atoms with E-state index in [9.17, 15) is 43.2 Å². The summed E-state index contributed by atoms with van der Waals surface area (Å²) in [5.74, 6) is -2.35. The number of aliphatic hydroxyl groups is 1. The van der Waals surface area contributed by atoms with Crippen LogP contribution in [0.2, 0.25) is 0 Å². The third-order valence-corrected chi connectivity index (χ3v) is 17.4. The zero-order valence-electron chi connectivity index (χ0n) is 61.2. The summed E-state index contributed by atoms with van der Waals surface area (Å²) in [6.07, 6.45) is 76.5. The summed E-state index contributed by atoms with van der Waals surface area (Å²) in [5, 5.41) is 10.6. The number of carbonyl (C=O) groups excluding carboxylic acids is 4. The molecule has 19 heteroatoms. The molecule has 0 heterocycles. The number of aliphatic hydroxyl groups excluding tert-OH is 1. The fourth-order valence-electron chi connectivity index (χ4n) is 9.75. The number of ether oxygens (including phenoxy) is 4. The molecule has 17 nitrogen and oxygen atoms in total. The van der Waals surface area contributed by atoms with Gasteiger partial charge in [0, 0.05) is 19.3 Å². The Kier molecular flexibility index (Phi) is 67.6. The summed E-state index contributed by atoms with van der Waals surface area (Å²) >= 11 is 0. The Balaban J connectivity index is 5.43. The topological polar surface area (TPSA) is 237 Å². The van der Waals surface area contributed by atoms with Crippen LogP contribution in [0.5, 0.6) is 0 Å². The van der Waals surface area contributed by atoms with E-state index in [0.717, 1.165) is 148 Å². The number of hydrogen-bond donors (Lipinski definition) is 3. The van der Waals surface area contributed by atoms with Gasteiger partial charge in [0.15, 0.2) is 12.2 Å². The van der Waals surface area contributed by atoms with Crippen LogP contribution in [0, 0.1) is 0 Å². The molecule has 0 radical (unpaired) electrons. The third kappa shape index (κ3) is 69.9. The minimum absolute atomic E-state index is 0.0709. The Labute approximate surface area is 593 Å². The summed E-state index contributed by atoms with van der Waals surface area (Å²) in [4.78, 5) is 72.8. The second-order valence-electron chi connectivity index (χ2n) is 24.8. The van der Waals surface area contributed by atoms with E-state index in [4.69, 9.17) is 37.0 Å². The van der Waals surface area contributed by atoms with Crippen LogP contribution in [-0.4, -0.2) is 96.7 Å². The molecular formula is C79H134O17P2. The first-order valence-corrected chi connectivity index (χ1v) is 40.8. The number of hydrogen-bond acceptors (Lipinski definition) is 15. The molecule has 0 aromatic rings. The molecule has 0 saturated heterocycles. The lowest BCUT2D eigenvalue weighted by Crippen LogP contribution is -2.30. The van der Waals surface area contributed by atoms with Gasteiger partial charge in [-0.25, -0.2) is 9.13 Å². The van der Waals surface area contributed by atoms with Crippen molar-refractivity contribution in [3.63, 3.8) is 0 Å². The molecule has 0 saturated carbocycles. The lowest BCUT2D eigenvalue weighted by Gasteiger charge is -2.21. The fraction of sp³-hybridized carbons (Fsp3) is 0.696. The third-order valence-electron chi connectivity index (χ3n) is 15.5. The van der Waals surface area contributed by atoms with Gasteiger partial charge in [-0.05, 0) is 116 Å². The average Bonchev–Trinajstić information content (AvgIpc) is 0.959. The van der Waals surface area contributed by atoms with Crippen molar-refractivity contribution >= 4 is 39.5 Å². The number of allylic oxidation sites excluding steroid dienone is 19. The van der Waals surface area contributed by atoms with Crippen LogP contribution in [0.1, 0.15) is 297 Å². The second-order valence-corrected chi connectivity index (χ2v) is 27.8. The standard InChI is InChI=1S/C79H134O17P2/c1-5-9-13-17-21-25-29-33-36-40-43-47-51-55-59-63-76(81)89-69-74(95-78(83)65-61-57-53-49-45-39-32-28-24-20-16-12-8-4)71-93-97(85,86)91-67-73(80)68-92-98(87,88)94-72-75(96-79(84)66-62-58-54-50-46-42-38-35-31-27-23-19-15-11-7-3)70-90-77(82)64-60-56-52-48-44-41-37-34-30-26-22-18-14-10-6-2/h9-10,13-14,21-23,25-27,33-38,43,47,55,59,73-75,80H,5-8,11-12,15-20,24,28-32,39-42,44-46,48-54,56-58,60-72H2,1-4H3,(H,85,86)(H,87,88)/b13-9-,14-10-,25-21-,26-22-,27-23-,36-33-,37-34-,38-35-,47-43-,59-55-. The molecule has 0 fully saturated rings. The fourth-order valence-corrected chi connectivity index (χ4v) is 11.3. The Morgan fingerprint density at radius 1 is 0.306 bits per heavy atom. The number of phosphoric ester groups is 2. The van der Waals surface area contributed by atoms with Crippen LogP contribution in [-0.2, 0) is 65.4 Å². The highest BCUT2D eigenvalue weighted by Gasteiger charge is 2.30. The van der Waals surface area contributed by atoms with Crippen molar-refractivity contribution in [3.05, 3.63) is 122 Å². The predicted octanol–water partition coefficient (Wildman–Crippen LogP) is 21.6. The Bertz CT molecular complexity index is 2340. The van der Waals surface area contributed by atoms with E-state index in [1.54, 1.807) is 6.08 Å². The van der Waals surface area contributed by atoms with Crippen LogP contribution < -0.4 is 0 Å². The number of unbranched alkanes of at least 4 members (excludes halogenated alkanes) is 25. The number of phosphoric acid groups is 2. The van der Waals surface area contributed by atoms with Crippen molar-refractivity contribution in [2.45, 2.75) is 316 Å². The van der Waals surface area contributed by atoms with Gasteiger partial charge in [-0.3, -0.25) is 37.3 Å². The van der Waals surface area contributed by atoms with E-state index in [1.807, 2.05) is 18.2 Å². The van der Waals surface area contributed by atoms with E-state index >= 15 is 0 Å². The van der Waals surface area contributed by atoms with Gasteiger partial charge in [-0.15, -0.1) is 0 Å². The van der Waals surface area contributed by atoms with Crippen molar-refractivity contribution in [1.29, 1.82) is 0 Å². The highest BCUT2D eigenvalue weighted by atomic mass is 31.2. The highest BCUT2D eigenvalue weighted by molar-refractivity contribution is 7.47. The van der Waals surface area contributed by atoms with E-state index < -0.39 is 97.5 Å². The van der Waals surface area contributed by atoms with Gasteiger partial charge in [-0.2, -0.15) is 0 Å². The number of esters is 4. The van der Waals surface area contributed by atoms with Gasteiger partial charge < -0.3 is 33.8 Å². The zero-order valence-corrected chi connectivity index (χ0v) is 63.0. The molecule has 0 amide bonds. The molecule has 98 heavy (non-hydrogen) atoms. The molecule has 5 unspecified atom stereocenters. The minimum atomic E-state index is -4.99. The Hall–Kier alpha value is -4.54. The van der Waals surface area contributed by atoms with Gasteiger partial charge in [0.05, 0.1) is 32.8 Å². The van der Waals surface area contributed by atoms with Gasteiger partial charge in [0.2, 0.25) is 0 Å². The van der Waals surface area contributed by atoms with Gasteiger partial charge >= 0.3 is 39.5 Å². The molecule has 0 rings (SSSR count). The smallest absolute Gasteiger partial charge is 0.462 e. The molecule has 0 aromatic heterocycles. The average molecular weight is 1420 g/mol. The molecule has 3 N–H and O–H groups in total. The monoisotopic (exact) mass is 1420 g/mol. The molecular weight excluding hydrogens is 1280 g/mol. The maximum Gasteiger partial charge on any atom is 0.472 e. The maximum absolute atomic E-state index is 13.1. The van der Waals surface area contributed by atoms with Crippen LogP contribution in [0.3, 0.4) is 0 Å². The SMILES string of the molecule is CC/C=C\C/C=C\C/C=C\C/C=C\C/C=C\CC(=O)OCC(COP(=O)(O)OCC(O)COP(=O)(O)OCC(COC(=O)CCCCCCC/C=C\C/C=C\C/C=C\CC)OC(=O)CCCCCCC/C=C\C/C=C\CCCCC)OC(=O)CCCCCCCCCCCCCCC. The molecule has 0 spiro atoms. The summed E-state index contributed by atoms with van der Waals surface area (Å²) in [7, 11) is -9.98. The van der Waals surface area contributed by atoms with Gasteiger partial charge in [0.25, 0.3) is 0 Å². The largest absolute Gasteiger partial charge is 0.472 e. The van der Waals surface area contributed by atoms with Gasteiger partial charge in [-0.1, -0.05) is 278 Å². The van der Waals surface area contributed by atoms with Crippen LogP contribution in [0.4, 0.5) is 0 Å². The quantitative estimate of drug-likeness (QED) is 0.0169. The van der Waals surface area contributed by atoms with E-state index in [0.29, 0.717) is 25.7 Å². The predicted molar refractivity (Wildman–Crippen MR) is 399 cm³/mol. The molecule has 0 aliphatic rings. The number of carbonyl (C=O) groups is 4. The van der Waals surface area contributed by atoms with Crippen molar-refractivity contribution < 1.29 is 80.2 Å². The maximum atomic E-state index is 13.1. The lowest BCUT2D eigenvalue weighted by molar-refractivity contribution is -0.161. The molecule has 0 aromatic carbocycles. The molecule has 0 aliphatic heterocycles. The van der Waals surface area contributed by atoms with Crippen molar-refractivity contribution in [1.82, 2.24) is 0 Å². The van der Waals surface area contributed by atoms with E-state index in [2.05, 4.69) is 125 Å². The van der Waals surface area contributed by atoms with Gasteiger partial charge in [0.1, 0.15) is 19.3 Å². The van der Waals surface area contributed by atoms with Crippen molar-refractivity contribution in [2.75, 3.05) is 39.6 Å². The summed E-state index contributed by atoms with van der Waals surface area (Å²) in [6, 6.07) is 0. The number of rotatable bonds is 70. The van der Waals surface area contributed by atoms with E-state index in [1.165, 1.54) is 70.6 Å². The molecule has 0 aliphatic carbocycles. The zero-order chi connectivity index (χ0) is 71.8. The van der Waals surface area contributed by atoms with Crippen LogP contribution >= 0.6 is 15.6 Å². The second kappa shape index (κ2) is 70.9. The Morgan fingerprint density at radius 2 is 0.571 bits per heavy atom. The highest BCUT2D eigenvalue weighted by Crippen LogP contribution is 2.45. The summed E-state index contributed by atoms with van der Waals surface area (Å²) < 4.78 is 68.3. The first-order chi connectivity index (χ1) is 47.7. The minimum Gasteiger partial charge on any atom is -0.462 e. The van der Waals surface area contributed by atoms with E-state index in [-0.39, 0.29) is 25.7 Å². The van der Waals surface area contributed by atoms with Crippen LogP contribution in [0.15, 0.2) is 122 Å². The summed E-state index contributed by atoms with van der Waals surface area (Å²) in [5.41, 5.74) is 0. The normalized spacial score (nSPS) is 14.6. The Morgan fingerprint density at radius 3 is 0.929 bits per heavy atom. The van der Waals surface area contributed by atoms with Crippen LogP contribution in [0.25, 0.3) is 0 Å². The summed E-state index contributed by atoms with van der Waals surface area (Å²) in [6.45, 7) is 4.47. The van der Waals surface area contributed by atoms with Crippen molar-refractivity contribution in [2.24, 2.45) is 0 Å². The first kappa shape index (κ1) is 93.5. The van der Waals surface area contributed by atoms with Crippen molar-refractivity contribution in [3.8, 4) is 0 Å². The lowest BCUT2D eigenvalue weighted by atomic mass is 10.0. The molecule has 5 atom stereocenters.